The molecule has 0 radical (unpaired) electrons. The summed E-state index contributed by atoms with van der Waals surface area (Å²) >= 11 is 0. The van der Waals surface area contributed by atoms with E-state index in [-0.39, 0.29) is 11.6 Å². The van der Waals surface area contributed by atoms with Gasteiger partial charge in [0.25, 0.3) is 5.91 Å². The van der Waals surface area contributed by atoms with Crippen LogP contribution in [0.25, 0.3) is 10.8 Å². The molecule has 4 aromatic rings. The van der Waals surface area contributed by atoms with E-state index in [1.165, 1.54) is 12.1 Å². The van der Waals surface area contributed by atoms with Crippen LogP contribution in [-0.4, -0.2) is 55.3 Å². The number of anilines is 3. The molecule has 1 fully saturated rings. The minimum atomic E-state index is -0.458. The molecule has 1 aliphatic heterocycles. The van der Waals surface area contributed by atoms with Gasteiger partial charge in [-0.05, 0) is 44.2 Å². The Bertz CT molecular complexity index is 1460. The lowest BCUT2D eigenvalue weighted by atomic mass is 10.1. The van der Waals surface area contributed by atoms with E-state index in [0.717, 1.165) is 10.8 Å². The average molecular weight is 516 g/mol. The van der Waals surface area contributed by atoms with E-state index in [1.54, 1.807) is 30.5 Å². The molecule has 8 nitrogen and oxygen atoms in total. The molecule has 196 valence electrons. The molecule has 1 saturated heterocycles. The van der Waals surface area contributed by atoms with Crippen LogP contribution < -0.4 is 19.9 Å². The lowest BCUT2D eigenvalue weighted by molar-refractivity contribution is 0.102. The molecule has 1 N–H and O–H groups in total. The van der Waals surface area contributed by atoms with Crippen LogP contribution in [0.1, 0.15) is 24.2 Å². The molecule has 2 heterocycles. The predicted molar refractivity (Wildman–Crippen MR) is 147 cm³/mol. The molecule has 9 heteroatoms. The van der Waals surface area contributed by atoms with Gasteiger partial charge < -0.3 is 24.6 Å². The van der Waals surface area contributed by atoms with Crippen molar-refractivity contribution in [2.75, 3.05) is 48.5 Å². The van der Waals surface area contributed by atoms with Crippen molar-refractivity contribution in [2.24, 2.45) is 0 Å². The number of nitrogens with zero attached hydrogens (tertiary/aromatic N) is 4. The van der Waals surface area contributed by atoms with Gasteiger partial charge in [0.1, 0.15) is 11.6 Å². The van der Waals surface area contributed by atoms with Crippen LogP contribution in [0.2, 0.25) is 0 Å². The van der Waals surface area contributed by atoms with Crippen molar-refractivity contribution in [1.82, 2.24) is 9.97 Å². The monoisotopic (exact) mass is 515 g/mol. The highest BCUT2D eigenvalue weighted by molar-refractivity contribution is 6.10. The number of carbonyl (C=O) groups is 1. The third-order valence-electron chi connectivity index (χ3n) is 6.58. The maximum atomic E-state index is 14.4. The standard InChI is InChI=1S/C29H30FN5O3/c1-19(2)34(3)29-31-11-10-27(33-29)38-26-9-8-25(23-6-4-5-7-24(23)26)32-28(36)20-16-21(30)18-22(17-20)35-12-14-37-15-13-35/h4-11,16-19H,12-15H2,1-3H3,(H,32,36). The summed E-state index contributed by atoms with van der Waals surface area (Å²) in [6.45, 7) is 6.57. The number of amides is 1. The van der Waals surface area contributed by atoms with Gasteiger partial charge in [0, 0.05) is 66.2 Å². The largest absolute Gasteiger partial charge is 0.438 e. The van der Waals surface area contributed by atoms with Gasteiger partial charge in [0.05, 0.1) is 13.2 Å². The first kappa shape index (κ1) is 25.4. The van der Waals surface area contributed by atoms with E-state index in [4.69, 9.17) is 9.47 Å². The molecular formula is C29H30FN5O3. The molecular weight excluding hydrogens is 485 g/mol. The number of aromatic nitrogens is 2. The number of morpholine rings is 1. The summed E-state index contributed by atoms with van der Waals surface area (Å²) in [5.74, 6) is 0.725. The van der Waals surface area contributed by atoms with E-state index in [0.29, 0.717) is 55.3 Å². The van der Waals surface area contributed by atoms with Gasteiger partial charge in [-0.1, -0.05) is 24.3 Å². The van der Waals surface area contributed by atoms with E-state index in [9.17, 15) is 9.18 Å². The van der Waals surface area contributed by atoms with Crippen LogP contribution >= 0.6 is 0 Å². The number of hydrogen-bond acceptors (Lipinski definition) is 7. The van der Waals surface area contributed by atoms with Crippen molar-refractivity contribution < 1.29 is 18.7 Å². The molecule has 0 unspecified atom stereocenters. The Kier molecular flexibility index (Phi) is 7.37. The molecule has 5 rings (SSSR count). The topological polar surface area (TPSA) is 79.8 Å². The van der Waals surface area contributed by atoms with E-state index >= 15 is 0 Å². The summed E-state index contributed by atoms with van der Waals surface area (Å²) in [5.41, 5.74) is 1.51. The molecule has 0 aliphatic carbocycles. The molecule has 1 aromatic heterocycles. The number of ether oxygens (including phenoxy) is 2. The number of rotatable bonds is 7. The number of nitrogens with one attached hydrogen (secondary N) is 1. The van der Waals surface area contributed by atoms with Crippen LogP contribution in [0.4, 0.5) is 21.7 Å². The van der Waals surface area contributed by atoms with Crippen molar-refractivity contribution in [2.45, 2.75) is 19.9 Å². The maximum Gasteiger partial charge on any atom is 0.255 e. The molecule has 3 aromatic carbocycles. The third-order valence-corrected chi connectivity index (χ3v) is 6.58. The molecule has 0 atom stereocenters. The summed E-state index contributed by atoms with van der Waals surface area (Å²) in [4.78, 5) is 26.0. The Balaban J connectivity index is 1.41. The Morgan fingerprint density at radius 2 is 1.84 bits per heavy atom. The zero-order valence-corrected chi connectivity index (χ0v) is 21.6. The highest BCUT2D eigenvalue weighted by atomic mass is 19.1. The first-order valence-corrected chi connectivity index (χ1v) is 12.6. The van der Waals surface area contributed by atoms with Crippen LogP contribution in [0.5, 0.6) is 11.6 Å². The van der Waals surface area contributed by atoms with Gasteiger partial charge in [-0.15, -0.1) is 0 Å². The number of carbonyl (C=O) groups excluding carboxylic acids is 1. The van der Waals surface area contributed by atoms with E-state index < -0.39 is 11.7 Å². The van der Waals surface area contributed by atoms with Crippen molar-refractivity contribution in [3.05, 3.63) is 78.2 Å². The highest BCUT2D eigenvalue weighted by Gasteiger charge is 2.17. The molecule has 0 bridgehead atoms. The van der Waals surface area contributed by atoms with Crippen LogP contribution in [0, 0.1) is 5.82 Å². The highest BCUT2D eigenvalue weighted by Crippen LogP contribution is 2.34. The fourth-order valence-corrected chi connectivity index (χ4v) is 4.28. The lowest BCUT2D eigenvalue weighted by Gasteiger charge is -2.29. The Hall–Kier alpha value is -4.24. The van der Waals surface area contributed by atoms with Crippen molar-refractivity contribution >= 4 is 34.0 Å². The predicted octanol–water partition coefficient (Wildman–Crippen LogP) is 5.49. The second-order valence-electron chi connectivity index (χ2n) is 9.41. The Morgan fingerprint density at radius 1 is 1.08 bits per heavy atom. The number of fused-ring (bicyclic) bond motifs is 1. The summed E-state index contributed by atoms with van der Waals surface area (Å²) in [7, 11) is 1.93. The minimum absolute atomic E-state index is 0.233. The zero-order valence-electron chi connectivity index (χ0n) is 21.6. The van der Waals surface area contributed by atoms with Crippen LogP contribution in [0.15, 0.2) is 66.9 Å². The number of benzene rings is 3. The van der Waals surface area contributed by atoms with E-state index in [1.807, 2.05) is 41.1 Å². The van der Waals surface area contributed by atoms with Crippen molar-refractivity contribution in [3.8, 4) is 11.6 Å². The summed E-state index contributed by atoms with van der Waals surface area (Å²) < 4.78 is 26.0. The maximum absolute atomic E-state index is 14.4. The van der Waals surface area contributed by atoms with Crippen molar-refractivity contribution in [1.29, 1.82) is 0 Å². The first-order valence-electron chi connectivity index (χ1n) is 12.6. The Morgan fingerprint density at radius 3 is 2.61 bits per heavy atom. The van der Waals surface area contributed by atoms with Crippen LogP contribution in [0.3, 0.4) is 0 Å². The number of hydrogen-bond donors (Lipinski definition) is 1. The van der Waals surface area contributed by atoms with Gasteiger partial charge >= 0.3 is 0 Å². The quantitative estimate of drug-likeness (QED) is 0.348. The second-order valence-corrected chi connectivity index (χ2v) is 9.41. The summed E-state index contributed by atoms with van der Waals surface area (Å²) in [5, 5.41) is 4.54. The van der Waals surface area contributed by atoms with Gasteiger partial charge in [-0.2, -0.15) is 4.98 Å². The molecule has 0 saturated carbocycles. The fraction of sp³-hybridized carbons (Fsp3) is 0.276. The average Bonchev–Trinajstić information content (AvgIpc) is 2.94. The van der Waals surface area contributed by atoms with Gasteiger partial charge in [0.2, 0.25) is 11.8 Å². The summed E-state index contributed by atoms with van der Waals surface area (Å²) in [6, 6.07) is 17.5. The van der Waals surface area contributed by atoms with E-state index in [2.05, 4.69) is 29.1 Å². The zero-order chi connectivity index (χ0) is 26.6. The van der Waals surface area contributed by atoms with Gasteiger partial charge in [-0.25, -0.2) is 9.37 Å². The third kappa shape index (κ3) is 5.52. The van der Waals surface area contributed by atoms with Crippen LogP contribution in [-0.2, 0) is 4.74 Å². The first-order chi connectivity index (χ1) is 18.4. The molecule has 0 spiro atoms. The normalized spacial score (nSPS) is 13.6. The van der Waals surface area contributed by atoms with Crippen molar-refractivity contribution in [3.63, 3.8) is 0 Å². The second kappa shape index (κ2) is 11.0. The smallest absolute Gasteiger partial charge is 0.255 e. The lowest BCUT2D eigenvalue weighted by Crippen LogP contribution is -2.36. The Labute approximate surface area is 221 Å². The molecule has 1 aliphatic rings. The molecule has 1 amide bonds. The fourth-order valence-electron chi connectivity index (χ4n) is 4.28. The summed E-state index contributed by atoms with van der Waals surface area (Å²) in [6.07, 6.45) is 1.66. The molecule has 38 heavy (non-hydrogen) atoms. The minimum Gasteiger partial charge on any atom is -0.438 e. The number of halogens is 1. The SMILES string of the molecule is CC(C)N(C)c1nccc(Oc2ccc(NC(=O)c3cc(F)cc(N4CCOCC4)c3)c3ccccc23)n1. The van der Waals surface area contributed by atoms with Gasteiger partial charge in [0.15, 0.2) is 0 Å². The van der Waals surface area contributed by atoms with Gasteiger partial charge in [-0.3, -0.25) is 4.79 Å².